The van der Waals surface area contributed by atoms with Gasteiger partial charge in [0.25, 0.3) is 0 Å². The second-order valence-electron chi connectivity index (χ2n) is 4.36. The first kappa shape index (κ1) is 16.6. The Morgan fingerprint density at radius 3 is 2.30 bits per heavy atom. The van der Waals surface area contributed by atoms with Gasteiger partial charge in [-0.2, -0.15) is 0 Å². The van der Waals surface area contributed by atoms with Crippen LogP contribution in [-0.2, 0) is 0 Å². The minimum Gasteiger partial charge on any atom is -0.306 e. The molecule has 0 aliphatic carbocycles. The van der Waals surface area contributed by atoms with Crippen molar-refractivity contribution in [3.05, 3.63) is 53.6 Å². The monoisotopic (exact) mass is 411 g/mol. The molecule has 0 saturated carbocycles. The smallest absolute Gasteiger partial charge is 0.107 e. The highest BCUT2D eigenvalue weighted by Crippen LogP contribution is 2.38. The maximum atomic E-state index is 6.15. The third kappa shape index (κ3) is 4.12. The van der Waals surface area contributed by atoms with Crippen molar-refractivity contribution < 1.29 is 0 Å². The van der Waals surface area contributed by atoms with Crippen LogP contribution in [0.15, 0.2) is 28.7 Å². The number of hydrogen-bond acceptors (Lipinski definition) is 2. The summed E-state index contributed by atoms with van der Waals surface area (Å²) in [5.74, 6) is 0. The zero-order chi connectivity index (χ0) is 14.7. The number of halogens is 4. The lowest BCUT2D eigenvalue weighted by molar-refractivity contribution is 0.606. The molecule has 0 aliphatic heterocycles. The summed E-state index contributed by atoms with van der Waals surface area (Å²) < 4.78 is 1.66. The normalized spacial score (nSPS) is 12.7. The van der Waals surface area contributed by atoms with Crippen molar-refractivity contribution in [1.29, 1.82) is 0 Å². The van der Waals surface area contributed by atoms with Crippen LogP contribution < -0.4 is 5.32 Å². The molecule has 0 aliphatic rings. The van der Waals surface area contributed by atoms with Crippen molar-refractivity contribution in [3.8, 4) is 0 Å². The topological polar surface area (TPSA) is 12.0 Å². The second kappa shape index (κ2) is 7.48. The molecule has 1 atom stereocenters. The van der Waals surface area contributed by atoms with Crippen molar-refractivity contribution in [2.75, 3.05) is 6.54 Å². The molecule has 1 aromatic heterocycles. The molecule has 108 valence electrons. The van der Waals surface area contributed by atoms with Crippen LogP contribution in [0.2, 0.25) is 14.4 Å². The molecule has 0 spiro atoms. The predicted octanol–water partition coefficient (Wildman–Crippen LogP) is 6.56. The van der Waals surface area contributed by atoms with E-state index in [1.165, 1.54) is 0 Å². The molecule has 1 N–H and O–H groups in total. The van der Waals surface area contributed by atoms with Crippen LogP contribution in [0, 0.1) is 0 Å². The molecule has 0 amide bonds. The minimum atomic E-state index is 0.0416. The van der Waals surface area contributed by atoms with E-state index in [0.717, 1.165) is 32.2 Å². The Kier molecular flexibility index (Phi) is 6.21. The third-order valence-electron chi connectivity index (χ3n) is 2.77. The first-order valence-corrected chi connectivity index (χ1v) is 8.89. The molecule has 1 unspecified atom stereocenters. The molecule has 1 aromatic carbocycles. The van der Waals surface area contributed by atoms with Crippen LogP contribution in [0.4, 0.5) is 0 Å². The van der Waals surface area contributed by atoms with Gasteiger partial charge >= 0.3 is 0 Å². The standard InChI is InChI=1S/C14H13BrCl3NS/c1-2-3-19-13(12-7-11(15)14(18)20-12)8-4-9(16)6-10(17)5-8/h4-7,13,19H,2-3H2,1H3. The van der Waals surface area contributed by atoms with Crippen LogP contribution in [0.3, 0.4) is 0 Å². The van der Waals surface area contributed by atoms with E-state index < -0.39 is 0 Å². The lowest BCUT2D eigenvalue weighted by atomic mass is 10.1. The number of hydrogen-bond donors (Lipinski definition) is 1. The van der Waals surface area contributed by atoms with Gasteiger partial charge in [0, 0.05) is 19.4 Å². The molecule has 1 nitrogen and oxygen atoms in total. The molecule has 0 radical (unpaired) electrons. The molecular weight excluding hydrogens is 400 g/mol. The van der Waals surface area contributed by atoms with Gasteiger partial charge < -0.3 is 5.32 Å². The first-order chi connectivity index (χ1) is 9.51. The Hall–Kier alpha value is 0.230. The number of rotatable bonds is 5. The molecule has 20 heavy (non-hydrogen) atoms. The Labute approximate surface area is 146 Å². The van der Waals surface area contributed by atoms with Gasteiger partial charge in [0.15, 0.2) is 0 Å². The summed E-state index contributed by atoms with van der Waals surface area (Å²) in [6, 6.07) is 7.68. The van der Waals surface area contributed by atoms with Gasteiger partial charge in [-0.3, -0.25) is 0 Å². The van der Waals surface area contributed by atoms with Gasteiger partial charge in [0.2, 0.25) is 0 Å². The third-order valence-corrected chi connectivity index (χ3v) is 5.74. The van der Waals surface area contributed by atoms with E-state index in [1.54, 1.807) is 17.4 Å². The lowest BCUT2D eigenvalue weighted by Gasteiger charge is -2.18. The maximum absolute atomic E-state index is 6.15. The summed E-state index contributed by atoms with van der Waals surface area (Å²) in [6.45, 7) is 3.04. The van der Waals surface area contributed by atoms with Crippen LogP contribution in [0.5, 0.6) is 0 Å². The van der Waals surface area contributed by atoms with E-state index >= 15 is 0 Å². The van der Waals surface area contributed by atoms with E-state index in [9.17, 15) is 0 Å². The zero-order valence-electron chi connectivity index (χ0n) is 10.7. The molecular formula is C14H13BrCl3NS. The van der Waals surface area contributed by atoms with Crippen LogP contribution in [-0.4, -0.2) is 6.54 Å². The molecule has 0 fully saturated rings. The average molecular weight is 414 g/mol. The highest BCUT2D eigenvalue weighted by Gasteiger charge is 2.18. The highest BCUT2D eigenvalue weighted by atomic mass is 79.9. The fourth-order valence-corrected chi connectivity index (χ4v) is 4.30. The van der Waals surface area contributed by atoms with Crippen molar-refractivity contribution in [2.45, 2.75) is 19.4 Å². The Morgan fingerprint density at radius 1 is 1.15 bits per heavy atom. The predicted molar refractivity (Wildman–Crippen MR) is 93.6 cm³/mol. The van der Waals surface area contributed by atoms with Crippen molar-refractivity contribution in [2.24, 2.45) is 0 Å². The van der Waals surface area contributed by atoms with Gasteiger partial charge in [0.1, 0.15) is 4.34 Å². The van der Waals surface area contributed by atoms with Crippen LogP contribution in [0.1, 0.15) is 29.8 Å². The van der Waals surface area contributed by atoms with Gasteiger partial charge in [-0.15, -0.1) is 11.3 Å². The van der Waals surface area contributed by atoms with Gasteiger partial charge in [-0.1, -0.05) is 41.7 Å². The maximum Gasteiger partial charge on any atom is 0.107 e. The van der Waals surface area contributed by atoms with Gasteiger partial charge in [-0.05, 0) is 58.7 Å². The van der Waals surface area contributed by atoms with Crippen molar-refractivity contribution >= 4 is 62.1 Å². The highest BCUT2D eigenvalue weighted by molar-refractivity contribution is 9.10. The molecule has 2 rings (SSSR count). The van der Waals surface area contributed by atoms with E-state index in [1.807, 2.05) is 18.2 Å². The zero-order valence-corrected chi connectivity index (χ0v) is 15.4. The number of benzene rings is 1. The summed E-state index contributed by atoms with van der Waals surface area (Å²) >= 11 is 23.4. The fourth-order valence-electron chi connectivity index (χ4n) is 1.92. The molecule has 0 bridgehead atoms. The summed E-state index contributed by atoms with van der Waals surface area (Å²) in [5.41, 5.74) is 1.04. The Morgan fingerprint density at radius 2 is 1.80 bits per heavy atom. The average Bonchev–Trinajstić information content (AvgIpc) is 2.69. The first-order valence-electron chi connectivity index (χ1n) is 6.15. The number of thiophene rings is 1. The van der Waals surface area contributed by atoms with Gasteiger partial charge in [0.05, 0.1) is 6.04 Å². The lowest BCUT2D eigenvalue weighted by Crippen LogP contribution is -2.22. The molecule has 6 heteroatoms. The van der Waals surface area contributed by atoms with E-state index in [-0.39, 0.29) is 6.04 Å². The molecule has 1 heterocycles. The van der Waals surface area contributed by atoms with Crippen LogP contribution in [0.25, 0.3) is 0 Å². The summed E-state index contributed by atoms with van der Waals surface area (Å²) in [7, 11) is 0. The minimum absolute atomic E-state index is 0.0416. The van der Waals surface area contributed by atoms with E-state index in [4.69, 9.17) is 34.8 Å². The van der Waals surface area contributed by atoms with Crippen LogP contribution >= 0.6 is 62.1 Å². The van der Waals surface area contributed by atoms with E-state index in [2.05, 4.69) is 28.2 Å². The Bertz CT molecular complexity index is 560. The largest absolute Gasteiger partial charge is 0.306 e. The van der Waals surface area contributed by atoms with Gasteiger partial charge in [-0.25, -0.2) is 0 Å². The van der Waals surface area contributed by atoms with Crippen molar-refractivity contribution in [3.63, 3.8) is 0 Å². The number of nitrogens with one attached hydrogen (secondary N) is 1. The summed E-state index contributed by atoms with van der Waals surface area (Å²) in [4.78, 5) is 1.13. The summed E-state index contributed by atoms with van der Waals surface area (Å²) in [6.07, 6.45) is 1.05. The van der Waals surface area contributed by atoms with Crippen molar-refractivity contribution in [1.82, 2.24) is 5.32 Å². The quantitative estimate of drug-likeness (QED) is 0.585. The Balaban J connectivity index is 2.40. The second-order valence-corrected chi connectivity index (χ2v) is 7.77. The van der Waals surface area contributed by atoms with E-state index in [0.29, 0.717) is 10.0 Å². The SMILES string of the molecule is CCCNC(c1cc(Cl)cc(Cl)c1)c1cc(Br)c(Cl)s1. The molecule has 0 saturated heterocycles. The fraction of sp³-hybridized carbons (Fsp3) is 0.286. The summed E-state index contributed by atoms with van der Waals surface area (Å²) in [5, 5.41) is 4.78. The molecule has 2 aromatic rings.